The van der Waals surface area contributed by atoms with E-state index in [1.807, 2.05) is 23.1 Å². The average Bonchev–Trinajstić information content (AvgIpc) is 2.66. The number of nitrogens with zero attached hydrogens (tertiary/aromatic N) is 1. The summed E-state index contributed by atoms with van der Waals surface area (Å²) in [5, 5.41) is 0. The van der Waals surface area contributed by atoms with E-state index in [4.69, 9.17) is 4.74 Å². The molecule has 1 aliphatic heterocycles. The number of carbonyl (C=O) groups excluding carboxylic acids is 1. The van der Waals surface area contributed by atoms with Crippen LogP contribution in [0.15, 0.2) is 48.5 Å². The van der Waals surface area contributed by atoms with E-state index < -0.39 is 0 Å². The van der Waals surface area contributed by atoms with Crippen LogP contribution in [-0.2, 0) is 4.74 Å². The van der Waals surface area contributed by atoms with Gasteiger partial charge < -0.3 is 9.64 Å². The van der Waals surface area contributed by atoms with Crippen molar-refractivity contribution in [1.82, 2.24) is 4.90 Å². The second-order valence-electron chi connectivity index (χ2n) is 6.60. The fourth-order valence-corrected chi connectivity index (χ4v) is 3.47. The van der Waals surface area contributed by atoms with Gasteiger partial charge in [0.05, 0.1) is 0 Å². The lowest BCUT2D eigenvalue weighted by Crippen LogP contribution is -2.40. The Morgan fingerprint density at radius 1 is 1.24 bits per heavy atom. The number of methoxy groups -OCH3 is 1. The Kier molecular flexibility index (Phi) is 5.82. The minimum Gasteiger partial charge on any atom is -0.385 e. The first-order valence-electron chi connectivity index (χ1n) is 8.82. The molecule has 1 heterocycles. The molecule has 3 nitrogen and oxygen atoms in total. The molecule has 0 spiro atoms. The molecule has 0 aliphatic carbocycles. The molecule has 25 heavy (non-hydrogen) atoms. The van der Waals surface area contributed by atoms with Crippen molar-refractivity contribution in [1.29, 1.82) is 0 Å². The zero-order valence-electron chi connectivity index (χ0n) is 14.6. The number of rotatable bonds is 5. The monoisotopic (exact) mass is 341 g/mol. The maximum atomic E-state index is 14.0. The van der Waals surface area contributed by atoms with E-state index in [0.29, 0.717) is 17.0 Å². The molecule has 0 unspecified atom stereocenters. The van der Waals surface area contributed by atoms with E-state index in [-0.39, 0.29) is 11.7 Å². The summed E-state index contributed by atoms with van der Waals surface area (Å²) in [7, 11) is 1.71. The third-order valence-electron chi connectivity index (χ3n) is 4.83. The van der Waals surface area contributed by atoms with Crippen molar-refractivity contribution in [3.8, 4) is 11.1 Å². The Labute approximate surface area is 148 Å². The van der Waals surface area contributed by atoms with Crippen molar-refractivity contribution in [2.75, 3.05) is 26.8 Å². The van der Waals surface area contributed by atoms with Gasteiger partial charge in [0.25, 0.3) is 5.91 Å². The Morgan fingerprint density at radius 3 is 2.88 bits per heavy atom. The van der Waals surface area contributed by atoms with Crippen LogP contribution in [0, 0.1) is 11.7 Å². The summed E-state index contributed by atoms with van der Waals surface area (Å²) < 4.78 is 19.2. The molecule has 1 atom stereocenters. The Bertz CT molecular complexity index is 731. The molecule has 1 aliphatic rings. The maximum Gasteiger partial charge on any atom is 0.253 e. The SMILES string of the molecule is COCC[C@@H]1CCCN(C(=O)c2cccc(-c3ccccc3F)c2)C1. The first kappa shape index (κ1) is 17.6. The molecule has 2 aromatic rings. The van der Waals surface area contributed by atoms with E-state index in [1.54, 1.807) is 31.4 Å². The largest absolute Gasteiger partial charge is 0.385 e. The lowest BCUT2D eigenvalue weighted by Gasteiger charge is -2.33. The van der Waals surface area contributed by atoms with Crippen LogP contribution >= 0.6 is 0 Å². The highest BCUT2D eigenvalue weighted by atomic mass is 19.1. The van der Waals surface area contributed by atoms with Crippen LogP contribution in [0.3, 0.4) is 0 Å². The molecule has 4 heteroatoms. The van der Waals surface area contributed by atoms with E-state index in [0.717, 1.165) is 44.5 Å². The van der Waals surface area contributed by atoms with Gasteiger partial charge in [-0.25, -0.2) is 4.39 Å². The van der Waals surface area contributed by atoms with Crippen molar-refractivity contribution >= 4 is 5.91 Å². The quantitative estimate of drug-likeness (QED) is 0.808. The molecule has 0 N–H and O–H groups in total. The fraction of sp³-hybridized carbons (Fsp3) is 0.381. The number of carbonyl (C=O) groups is 1. The van der Waals surface area contributed by atoms with E-state index >= 15 is 0 Å². The highest BCUT2D eigenvalue weighted by Gasteiger charge is 2.24. The van der Waals surface area contributed by atoms with Crippen molar-refractivity contribution in [2.24, 2.45) is 5.92 Å². The Balaban J connectivity index is 1.76. The molecule has 2 aromatic carbocycles. The number of ether oxygens (including phenoxy) is 1. The van der Waals surface area contributed by atoms with Crippen molar-refractivity contribution in [2.45, 2.75) is 19.3 Å². The Morgan fingerprint density at radius 2 is 2.08 bits per heavy atom. The van der Waals surface area contributed by atoms with Crippen LogP contribution in [-0.4, -0.2) is 37.6 Å². The zero-order valence-corrected chi connectivity index (χ0v) is 14.6. The van der Waals surface area contributed by atoms with Crippen molar-refractivity contribution in [3.05, 3.63) is 59.9 Å². The van der Waals surface area contributed by atoms with Crippen LogP contribution in [0.2, 0.25) is 0 Å². The second-order valence-corrected chi connectivity index (χ2v) is 6.60. The highest BCUT2D eigenvalue weighted by Crippen LogP contribution is 2.25. The number of likely N-dealkylation sites (tertiary alicyclic amines) is 1. The van der Waals surface area contributed by atoms with Gasteiger partial charge in [-0.1, -0.05) is 30.3 Å². The molecule has 1 saturated heterocycles. The third kappa shape index (κ3) is 4.26. The number of amides is 1. The van der Waals surface area contributed by atoms with Crippen molar-refractivity contribution in [3.63, 3.8) is 0 Å². The molecule has 1 amide bonds. The first-order chi connectivity index (χ1) is 12.2. The van der Waals surface area contributed by atoms with Gasteiger partial charge in [-0.3, -0.25) is 4.79 Å². The van der Waals surface area contributed by atoms with Crippen LogP contribution < -0.4 is 0 Å². The summed E-state index contributed by atoms with van der Waals surface area (Å²) in [6.45, 7) is 2.29. The van der Waals surface area contributed by atoms with Crippen LogP contribution in [0.25, 0.3) is 11.1 Å². The smallest absolute Gasteiger partial charge is 0.253 e. The molecule has 0 bridgehead atoms. The van der Waals surface area contributed by atoms with E-state index in [9.17, 15) is 9.18 Å². The topological polar surface area (TPSA) is 29.5 Å². The number of piperidine rings is 1. The number of hydrogen-bond donors (Lipinski definition) is 0. The number of benzene rings is 2. The van der Waals surface area contributed by atoms with E-state index in [2.05, 4.69) is 0 Å². The summed E-state index contributed by atoms with van der Waals surface area (Å²) in [5.74, 6) is 0.248. The molecule has 0 saturated carbocycles. The molecular formula is C21H24FNO2. The van der Waals surface area contributed by atoms with Gasteiger partial charge in [0.2, 0.25) is 0 Å². The molecule has 0 aromatic heterocycles. The summed E-state index contributed by atoms with van der Waals surface area (Å²) in [6, 6.07) is 13.9. The minimum atomic E-state index is -0.273. The summed E-state index contributed by atoms with van der Waals surface area (Å²) >= 11 is 0. The first-order valence-corrected chi connectivity index (χ1v) is 8.82. The summed E-state index contributed by atoms with van der Waals surface area (Å²) in [4.78, 5) is 14.8. The fourth-order valence-electron chi connectivity index (χ4n) is 3.47. The molecule has 3 rings (SSSR count). The minimum absolute atomic E-state index is 0.0281. The summed E-state index contributed by atoms with van der Waals surface area (Å²) in [5.41, 5.74) is 1.87. The lowest BCUT2D eigenvalue weighted by atomic mass is 9.94. The molecule has 1 fully saturated rings. The van der Waals surface area contributed by atoms with Crippen LogP contribution in [0.4, 0.5) is 4.39 Å². The van der Waals surface area contributed by atoms with Gasteiger partial charge in [-0.05, 0) is 48.9 Å². The third-order valence-corrected chi connectivity index (χ3v) is 4.83. The molecular weight excluding hydrogens is 317 g/mol. The standard InChI is InChI=1S/C21H24FNO2/c1-25-13-11-16-6-5-12-23(15-16)21(24)18-8-4-7-17(14-18)19-9-2-3-10-20(19)22/h2-4,7-10,14,16H,5-6,11-13,15H2,1H3/t16-/m0/s1. The van der Waals surface area contributed by atoms with Gasteiger partial charge >= 0.3 is 0 Å². The molecule has 132 valence electrons. The lowest BCUT2D eigenvalue weighted by molar-refractivity contribution is 0.0642. The van der Waals surface area contributed by atoms with Crippen molar-refractivity contribution < 1.29 is 13.9 Å². The van der Waals surface area contributed by atoms with Gasteiger partial charge in [0.15, 0.2) is 0 Å². The van der Waals surface area contributed by atoms with E-state index in [1.165, 1.54) is 6.07 Å². The highest BCUT2D eigenvalue weighted by molar-refractivity contribution is 5.95. The van der Waals surface area contributed by atoms with Crippen LogP contribution in [0.1, 0.15) is 29.6 Å². The number of halogens is 1. The number of hydrogen-bond acceptors (Lipinski definition) is 2. The zero-order chi connectivity index (χ0) is 17.6. The molecule has 0 radical (unpaired) electrons. The van der Waals surface area contributed by atoms with Gasteiger partial charge in [0.1, 0.15) is 5.82 Å². The predicted octanol–water partition coefficient (Wildman–Crippen LogP) is 4.38. The van der Waals surface area contributed by atoms with Gasteiger partial charge in [-0.15, -0.1) is 0 Å². The predicted molar refractivity (Wildman–Crippen MR) is 97.0 cm³/mol. The average molecular weight is 341 g/mol. The van der Waals surface area contributed by atoms with Crippen LogP contribution in [0.5, 0.6) is 0 Å². The second kappa shape index (κ2) is 8.26. The maximum absolute atomic E-state index is 14.0. The normalized spacial score (nSPS) is 17.5. The Hall–Kier alpha value is -2.20. The summed E-state index contributed by atoms with van der Waals surface area (Å²) in [6.07, 6.45) is 3.14. The van der Waals surface area contributed by atoms with Gasteiger partial charge in [0, 0.05) is 37.9 Å². The van der Waals surface area contributed by atoms with Gasteiger partial charge in [-0.2, -0.15) is 0 Å².